The second-order valence-corrected chi connectivity index (χ2v) is 6.39. The molecule has 0 fully saturated rings. The Morgan fingerprint density at radius 2 is 1.85 bits per heavy atom. The fraction of sp³-hybridized carbons (Fsp3) is 0.467. The molecule has 20 heavy (non-hydrogen) atoms. The van der Waals surface area contributed by atoms with Crippen molar-refractivity contribution in [2.45, 2.75) is 26.7 Å². The predicted octanol–water partition coefficient (Wildman–Crippen LogP) is 3.06. The van der Waals surface area contributed by atoms with Crippen molar-refractivity contribution in [3.05, 3.63) is 45.7 Å². The van der Waals surface area contributed by atoms with Crippen LogP contribution in [0.3, 0.4) is 0 Å². The Morgan fingerprint density at radius 3 is 2.55 bits per heavy atom. The SMILES string of the molecule is CC(C)CNCCc1nnc(Cc2ccc(F)cc2)s1. The van der Waals surface area contributed by atoms with E-state index in [1.165, 1.54) is 12.1 Å². The molecule has 0 bridgehead atoms. The third kappa shape index (κ3) is 4.98. The quantitative estimate of drug-likeness (QED) is 0.797. The van der Waals surface area contributed by atoms with Crippen molar-refractivity contribution in [2.24, 2.45) is 5.92 Å². The molecule has 0 aliphatic carbocycles. The van der Waals surface area contributed by atoms with Crippen LogP contribution in [0.1, 0.15) is 29.4 Å². The van der Waals surface area contributed by atoms with Crippen LogP contribution in [0.2, 0.25) is 0 Å². The lowest BCUT2D eigenvalue weighted by molar-refractivity contribution is 0.553. The fourth-order valence-electron chi connectivity index (χ4n) is 1.82. The number of aromatic nitrogens is 2. The average Bonchev–Trinajstić information content (AvgIpc) is 2.85. The van der Waals surface area contributed by atoms with Gasteiger partial charge in [-0.05, 0) is 30.2 Å². The lowest BCUT2D eigenvalue weighted by Gasteiger charge is -2.05. The minimum absolute atomic E-state index is 0.206. The molecule has 0 atom stereocenters. The third-order valence-electron chi connectivity index (χ3n) is 2.85. The van der Waals surface area contributed by atoms with Crippen molar-refractivity contribution in [1.82, 2.24) is 15.5 Å². The van der Waals surface area contributed by atoms with E-state index in [9.17, 15) is 4.39 Å². The number of nitrogens with one attached hydrogen (secondary N) is 1. The summed E-state index contributed by atoms with van der Waals surface area (Å²) in [6.45, 7) is 6.35. The zero-order valence-corrected chi connectivity index (χ0v) is 12.7. The minimum Gasteiger partial charge on any atom is -0.316 e. The molecular weight excluding hydrogens is 273 g/mol. The van der Waals surface area contributed by atoms with Crippen LogP contribution >= 0.6 is 11.3 Å². The van der Waals surface area contributed by atoms with Crippen molar-refractivity contribution in [2.75, 3.05) is 13.1 Å². The second kappa shape index (κ2) is 7.45. The molecule has 1 N–H and O–H groups in total. The van der Waals surface area contributed by atoms with E-state index in [2.05, 4.69) is 29.4 Å². The van der Waals surface area contributed by atoms with Crippen LogP contribution in [-0.2, 0) is 12.8 Å². The molecular formula is C15H20FN3S. The molecule has 0 radical (unpaired) electrons. The summed E-state index contributed by atoms with van der Waals surface area (Å²) in [5, 5.41) is 13.8. The first-order chi connectivity index (χ1) is 9.63. The molecule has 5 heteroatoms. The summed E-state index contributed by atoms with van der Waals surface area (Å²) >= 11 is 1.63. The topological polar surface area (TPSA) is 37.8 Å². The Morgan fingerprint density at radius 1 is 1.15 bits per heavy atom. The normalized spacial score (nSPS) is 11.2. The van der Waals surface area contributed by atoms with Crippen LogP contribution in [0.15, 0.2) is 24.3 Å². The first kappa shape index (κ1) is 15.1. The van der Waals surface area contributed by atoms with E-state index in [0.717, 1.165) is 41.5 Å². The van der Waals surface area contributed by atoms with Gasteiger partial charge in [0.2, 0.25) is 0 Å². The van der Waals surface area contributed by atoms with Crippen LogP contribution in [0, 0.1) is 11.7 Å². The largest absolute Gasteiger partial charge is 0.316 e. The molecule has 0 saturated heterocycles. The minimum atomic E-state index is -0.206. The van der Waals surface area contributed by atoms with Gasteiger partial charge in [0.05, 0.1) is 0 Å². The van der Waals surface area contributed by atoms with Crippen LogP contribution in [0.25, 0.3) is 0 Å². The molecule has 1 aromatic carbocycles. The number of nitrogens with zero attached hydrogens (tertiary/aromatic N) is 2. The maximum absolute atomic E-state index is 12.8. The Hall–Kier alpha value is -1.33. The van der Waals surface area contributed by atoms with Crippen molar-refractivity contribution >= 4 is 11.3 Å². The Balaban J connectivity index is 1.81. The number of halogens is 1. The Labute approximate surface area is 123 Å². The number of benzene rings is 1. The highest BCUT2D eigenvalue weighted by Gasteiger charge is 2.05. The van der Waals surface area contributed by atoms with E-state index in [0.29, 0.717) is 5.92 Å². The fourth-order valence-corrected chi connectivity index (χ4v) is 2.70. The Bertz CT molecular complexity index is 522. The smallest absolute Gasteiger partial charge is 0.123 e. The summed E-state index contributed by atoms with van der Waals surface area (Å²) in [5.74, 6) is 0.460. The van der Waals surface area contributed by atoms with Gasteiger partial charge < -0.3 is 5.32 Å². The summed E-state index contributed by atoms with van der Waals surface area (Å²) in [6.07, 6.45) is 1.63. The molecule has 0 aliphatic rings. The first-order valence-electron chi connectivity index (χ1n) is 6.90. The molecule has 0 amide bonds. The number of rotatable bonds is 7. The van der Waals surface area contributed by atoms with Gasteiger partial charge in [0, 0.05) is 19.4 Å². The van der Waals surface area contributed by atoms with E-state index in [1.54, 1.807) is 23.5 Å². The maximum Gasteiger partial charge on any atom is 0.123 e. The summed E-state index contributed by atoms with van der Waals surface area (Å²) in [7, 11) is 0. The first-order valence-corrected chi connectivity index (χ1v) is 7.71. The standard InChI is InChI=1S/C15H20FN3S/c1-11(2)10-17-8-7-14-18-19-15(20-14)9-12-3-5-13(16)6-4-12/h3-6,11,17H,7-10H2,1-2H3. The summed E-state index contributed by atoms with van der Waals surface area (Å²) in [4.78, 5) is 0. The van der Waals surface area contributed by atoms with E-state index in [-0.39, 0.29) is 5.82 Å². The van der Waals surface area contributed by atoms with Gasteiger partial charge in [-0.15, -0.1) is 21.5 Å². The molecule has 108 valence electrons. The molecule has 0 saturated carbocycles. The highest BCUT2D eigenvalue weighted by atomic mass is 32.1. The molecule has 1 aromatic heterocycles. The summed E-state index contributed by atoms with van der Waals surface area (Å²) in [5.41, 5.74) is 1.06. The van der Waals surface area contributed by atoms with Crippen LogP contribution in [-0.4, -0.2) is 23.3 Å². The van der Waals surface area contributed by atoms with E-state index in [4.69, 9.17) is 0 Å². The Kier molecular flexibility index (Phi) is 5.61. The molecule has 1 heterocycles. The third-order valence-corrected chi connectivity index (χ3v) is 3.83. The average molecular weight is 293 g/mol. The van der Waals surface area contributed by atoms with Gasteiger partial charge in [-0.1, -0.05) is 26.0 Å². The maximum atomic E-state index is 12.8. The van der Waals surface area contributed by atoms with Gasteiger partial charge >= 0.3 is 0 Å². The van der Waals surface area contributed by atoms with Crippen LogP contribution < -0.4 is 5.32 Å². The van der Waals surface area contributed by atoms with Crippen molar-refractivity contribution in [3.63, 3.8) is 0 Å². The highest BCUT2D eigenvalue weighted by molar-refractivity contribution is 7.11. The van der Waals surface area contributed by atoms with Crippen molar-refractivity contribution < 1.29 is 4.39 Å². The summed E-state index contributed by atoms with van der Waals surface area (Å²) in [6, 6.07) is 6.54. The monoisotopic (exact) mass is 293 g/mol. The number of hydrogen-bond acceptors (Lipinski definition) is 4. The molecule has 2 aromatic rings. The van der Waals surface area contributed by atoms with Crippen LogP contribution in [0.4, 0.5) is 4.39 Å². The van der Waals surface area contributed by atoms with Gasteiger partial charge in [0.25, 0.3) is 0 Å². The zero-order chi connectivity index (χ0) is 14.4. The van der Waals surface area contributed by atoms with E-state index >= 15 is 0 Å². The predicted molar refractivity (Wildman–Crippen MR) is 80.5 cm³/mol. The van der Waals surface area contributed by atoms with Gasteiger partial charge in [0.15, 0.2) is 0 Å². The van der Waals surface area contributed by atoms with Gasteiger partial charge in [0.1, 0.15) is 15.8 Å². The van der Waals surface area contributed by atoms with Crippen molar-refractivity contribution in [1.29, 1.82) is 0 Å². The lowest BCUT2D eigenvalue weighted by atomic mass is 10.2. The van der Waals surface area contributed by atoms with E-state index in [1.807, 2.05) is 0 Å². The van der Waals surface area contributed by atoms with Gasteiger partial charge in [-0.3, -0.25) is 0 Å². The highest BCUT2D eigenvalue weighted by Crippen LogP contribution is 2.15. The van der Waals surface area contributed by atoms with E-state index < -0.39 is 0 Å². The number of hydrogen-bond donors (Lipinski definition) is 1. The van der Waals surface area contributed by atoms with Gasteiger partial charge in [-0.25, -0.2) is 4.39 Å². The second-order valence-electron chi connectivity index (χ2n) is 5.24. The molecule has 3 nitrogen and oxygen atoms in total. The van der Waals surface area contributed by atoms with Crippen LogP contribution in [0.5, 0.6) is 0 Å². The lowest BCUT2D eigenvalue weighted by Crippen LogP contribution is -2.22. The zero-order valence-electron chi connectivity index (χ0n) is 11.9. The molecule has 0 aliphatic heterocycles. The summed E-state index contributed by atoms with van der Waals surface area (Å²) < 4.78 is 12.8. The molecule has 0 spiro atoms. The molecule has 2 rings (SSSR count). The van der Waals surface area contributed by atoms with Gasteiger partial charge in [-0.2, -0.15) is 0 Å². The molecule has 0 unspecified atom stereocenters. The van der Waals surface area contributed by atoms with Crippen molar-refractivity contribution in [3.8, 4) is 0 Å².